The summed E-state index contributed by atoms with van der Waals surface area (Å²) in [4.78, 5) is 23.7. The van der Waals surface area contributed by atoms with Crippen LogP contribution in [0.2, 0.25) is 0 Å². The number of amides is 2. The van der Waals surface area contributed by atoms with E-state index in [9.17, 15) is 9.59 Å². The molecule has 21 heavy (non-hydrogen) atoms. The van der Waals surface area contributed by atoms with E-state index in [0.717, 1.165) is 17.4 Å². The Morgan fingerprint density at radius 2 is 2.05 bits per heavy atom. The minimum absolute atomic E-state index is 0.0332. The highest BCUT2D eigenvalue weighted by Crippen LogP contribution is 2.15. The quantitative estimate of drug-likeness (QED) is 0.750. The molecule has 0 radical (unpaired) electrons. The number of aromatic nitrogens is 1. The molecule has 5 nitrogen and oxygen atoms in total. The summed E-state index contributed by atoms with van der Waals surface area (Å²) in [5.74, 6) is 0.248. The Labute approximate surface area is 134 Å². The molecule has 0 spiro atoms. The monoisotopic (exact) mass is 357 g/mol. The molecule has 1 aromatic heterocycles. The van der Waals surface area contributed by atoms with E-state index in [2.05, 4.69) is 33.5 Å². The zero-order chi connectivity index (χ0) is 15.8. The van der Waals surface area contributed by atoms with Gasteiger partial charge in [-0.25, -0.2) is 0 Å². The lowest BCUT2D eigenvalue weighted by Crippen LogP contribution is -2.33. The van der Waals surface area contributed by atoms with Crippen LogP contribution >= 0.6 is 15.9 Å². The number of carbonyl (C=O) groups excluding carboxylic acids is 2. The summed E-state index contributed by atoms with van der Waals surface area (Å²) in [6.07, 6.45) is 3.15. The van der Waals surface area contributed by atoms with Gasteiger partial charge in [0.05, 0.1) is 0 Å². The smallest absolute Gasteiger partial charge is 0.267 e. The summed E-state index contributed by atoms with van der Waals surface area (Å²) in [5, 5.41) is 5.62. The van der Waals surface area contributed by atoms with Gasteiger partial charge >= 0.3 is 0 Å². The van der Waals surface area contributed by atoms with Crippen molar-refractivity contribution in [3.63, 3.8) is 0 Å². The predicted octanol–water partition coefficient (Wildman–Crippen LogP) is 2.55. The lowest BCUT2D eigenvalue weighted by atomic mass is 10.2. The average Bonchev–Trinajstić information content (AvgIpc) is 2.78. The second kappa shape index (κ2) is 8.87. The van der Waals surface area contributed by atoms with Gasteiger partial charge in [0.15, 0.2) is 0 Å². The van der Waals surface area contributed by atoms with E-state index in [1.165, 1.54) is 0 Å². The van der Waals surface area contributed by atoms with Crippen molar-refractivity contribution < 1.29 is 9.59 Å². The Morgan fingerprint density at radius 1 is 1.33 bits per heavy atom. The zero-order valence-electron chi connectivity index (χ0n) is 12.9. The maximum Gasteiger partial charge on any atom is 0.267 e. The second-order valence-electron chi connectivity index (χ2n) is 5.44. The Bertz CT molecular complexity index is 483. The average molecular weight is 358 g/mol. The number of carbonyl (C=O) groups is 2. The van der Waals surface area contributed by atoms with E-state index in [-0.39, 0.29) is 11.8 Å². The molecule has 6 heteroatoms. The zero-order valence-corrected chi connectivity index (χ0v) is 14.5. The van der Waals surface area contributed by atoms with Gasteiger partial charge in [-0.15, -0.1) is 0 Å². The van der Waals surface area contributed by atoms with Crippen molar-refractivity contribution in [2.45, 2.75) is 40.2 Å². The number of nitrogens with one attached hydrogen (secondary N) is 2. The Balaban J connectivity index is 2.42. The first-order valence-electron chi connectivity index (χ1n) is 7.34. The first-order valence-corrected chi connectivity index (χ1v) is 8.14. The number of hydrogen-bond acceptors (Lipinski definition) is 2. The summed E-state index contributed by atoms with van der Waals surface area (Å²) in [5.41, 5.74) is 0.617. The standard InChI is InChI=1S/C15H24BrN3O2/c1-4-7-19-10-12(16)8-13(19)15(21)17-6-5-14(20)18-9-11(2)3/h8,10-11H,4-7,9H2,1-3H3,(H,17,21)(H,18,20). The summed E-state index contributed by atoms with van der Waals surface area (Å²) in [6.45, 7) is 7.96. The van der Waals surface area contributed by atoms with Gasteiger partial charge in [0.2, 0.25) is 5.91 Å². The Morgan fingerprint density at radius 3 is 2.67 bits per heavy atom. The number of halogens is 1. The highest BCUT2D eigenvalue weighted by Gasteiger charge is 2.12. The summed E-state index contributed by atoms with van der Waals surface area (Å²) in [7, 11) is 0. The van der Waals surface area contributed by atoms with Crippen LogP contribution in [0, 0.1) is 5.92 Å². The third-order valence-corrected chi connectivity index (χ3v) is 3.34. The topological polar surface area (TPSA) is 63.1 Å². The molecule has 0 unspecified atom stereocenters. The van der Waals surface area contributed by atoms with Crippen molar-refractivity contribution in [3.8, 4) is 0 Å². The van der Waals surface area contributed by atoms with Gasteiger partial charge < -0.3 is 15.2 Å². The Kier molecular flexibility index (Phi) is 7.50. The molecule has 0 aliphatic carbocycles. The Hall–Kier alpha value is -1.30. The van der Waals surface area contributed by atoms with E-state index in [1.807, 2.05) is 24.6 Å². The van der Waals surface area contributed by atoms with Crippen molar-refractivity contribution in [1.82, 2.24) is 15.2 Å². The van der Waals surface area contributed by atoms with Crippen LogP contribution in [0.5, 0.6) is 0 Å². The highest BCUT2D eigenvalue weighted by molar-refractivity contribution is 9.10. The molecule has 1 heterocycles. The van der Waals surface area contributed by atoms with Crippen LogP contribution in [0.3, 0.4) is 0 Å². The van der Waals surface area contributed by atoms with Crippen molar-refractivity contribution in [2.75, 3.05) is 13.1 Å². The van der Waals surface area contributed by atoms with Gasteiger partial charge in [0.25, 0.3) is 5.91 Å². The van der Waals surface area contributed by atoms with Gasteiger partial charge in [-0.2, -0.15) is 0 Å². The largest absolute Gasteiger partial charge is 0.356 e. The minimum atomic E-state index is -0.147. The predicted molar refractivity (Wildman–Crippen MR) is 87.2 cm³/mol. The van der Waals surface area contributed by atoms with E-state index in [1.54, 1.807) is 6.07 Å². The molecule has 2 N–H and O–H groups in total. The molecule has 0 saturated carbocycles. The van der Waals surface area contributed by atoms with Crippen molar-refractivity contribution in [2.24, 2.45) is 5.92 Å². The van der Waals surface area contributed by atoms with Gasteiger partial charge in [0.1, 0.15) is 5.69 Å². The molecule has 1 rings (SSSR count). The van der Waals surface area contributed by atoms with Crippen LogP contribution in [0.25, 0.3) is 0 Å². The van der Waals surface area contributed by atoms with Crippen LogP contribution in [-0.4, -0.2) is 29.5 Å². The molecule has 0 aliphatic heterocycles. The fourth-order valence-corrected chi connectivity index (χ4v) is 2.34. The summed E-state index contributed by atoms with van der Waals surface area (Å²) >= 11 is 3.38. The lowest BCUT2D eigenvalue weighted by Gasteiger charge is -2.10. The van der Waals surface area contributed by atoms with Gasteiger partial charge in [-0.1, -0.05) is 20.8 Å². The molecule has 0 fully saturated rings. The summed E-state index contributed by atoms with van der Waals surface area (Å²) in [6, 6.07) is 1.80. The maximum absolute atomic E-state index is 12.1. The molecule has 0 saturated heterocycles. The van der Waals surface area contributed by atoms with Gasteiger partial charge in [-0.05, 0) is 34.3 Å². The first kappa shape index (κ1) is 17.8. The highest BCUT2D eigenvalue weighted by atomic mass is 79.9. The molecule has 0 aromatic carbocycles. The number of aryl methyl sites for hydroxylation is 1. The third-order valence-electron chi connectivity index (χ3n) is 2.91. The van der Waals surface area contributed by atoms with Crippen LogP contribution in [0.1, 0.15) is 44.1 Å². The summed E-state index contributed by atoms with van der Waals surface area (Å²) < 4.78 is 2.80. The van der Waals surface area contributed by atoms with E-state index >= 15 is 0 Å². The fraction of sp³-hybridized carbons (Fsp3) is 0.600. The van der Waals surface area contributed by atoms with Crippen LogP contribution in [0.4, 0.5) is 0 Å². The van der Waals surface area contributed by atoms with E-state index in [4.69, 9.17) is 0 Å². The number of hydrogen-bond donors (Lipinski definition) is 2. The molecule has 0 atom stereocenters. The number of rotatable bonds is 8. The van der Waals surface area contributed by atoms with Crippen molar-refractivity contribution in [3.05, 3.63) is 22.4 Å². The molecular formula is C15H24BrN3O2. The van der Waals surface area contributed by atoms with Crippen LogP contribution < -0.4 is 10.6 Å². The number of nitrogens with zero attached hydrogens (tertiary/aromatic N) is 1. The van der Waals surface area contributed by atoms with Crippen molar-refractivity contribution >= 4 is 27.7 Å². The molecule has 2 amide bonds. The molecule has 118 valence electrons. The third kappa shape index (κ3) is 6.33. The molecule has 0 bridgehead atoms. The van der Waals surface area contributed by atoms with Gasteiger partial charge in [0, 0.05) is 36.7 Å². The molecule has 1 aromatic rings. The fourth-order valence-electron chi connectivity index (χ4n) is 1.88. The van der Waals surface area contributed by atoms with Crippen LogP contribution in [-0.2, 0) is 11.3 Å². The van der Waals surface area contributed by atoms with Crippen LogP contribution in [0.15, 0.2) is 16.7 Å². The normalized spacial score (nSPS) is 10.7. The van der Waals surface area contributed by atoms with Crippen molar-refractivity contribution in [1.29, 1.82) is 0 Å². The SMILES string of the molecule is CCCn1cc(Br)cc1C(=O)NCCC(=O)NCC(C)C. The van der Waals surface area contributed by atoms with Gasteiger partial charge in [-0.3, -0.25) is 9.59 Å². The van der Waals surface area contributed by atoms with E-state index < -0.39 is 0 Å². The lowest BCUT2D eigenvalue weighted by molar-refractivity contribution is -0.121. The first-order chi connectivity index (χ1) is 9.93. The van der Waals surface area contributed by atoms with E-state index in [0.29, 0.717) is 31.1 Å². The molecule has 0 aliphatic rings. The molecular weight excluding hydrogens is 334 g/mol. The minimum Gasteiger partial charge on any atom is -0.356 e. The second-order valence-corrected chi connectivity index (χ2v) is 6.36. The maximum atomic E-state index is 12.1.